The van der Waals surface area contributed by atoms with Gasteiger partial charge in [0.2, 0.25) is 0 Å². The fraction of sp³-hybridized carbons (Fsp3) is 0.750. The molecule has 0 radical (unpaired) electrons. The first-order valence-electron chi connectivity index (χ1n) is 6.19. The van der Waals surface area contributed by atoms with E-state index < -0.39 is 0 Å². The maximum atomic E-state index is 5.67. The highest BCUT2D eigenvalue weighted by molar-refractivity contribution is 4.95. The smallest absolute Gasteiger partial charge is 0.195 e. The predicted molar refractivity (Wildman–Crippen MR) is 63.5 cm³/mol. The summed E-state index contributed by atoms with van der Waals surface area (Å²) in [5.74, 6) is 1.88. The van der Waals surface area contributed by atoms with Gasteiger partial charge in [-0.3, -0.25) is 0 Å². The molecule has 0 atom stereocenters. The predicted octanol–water partition coefficient (Wildman–Crippen LogP) is 1.07. The summed E-state index contributed by atoms with van der Waals surface area (Å²) in [7, 11) is 1.95. The zero-order valence-electron chi connectivity index (χ0n) is 10.0. The van der Waals surface area contributed by atoms with E-state index in [4.69, 9.17) is 4.42 Å². The van der Waals surface area contributed by atoms with Gasteiger partial charge < -0.3 is 14.6 Å². The average Bonchev–Trinajstić information content (AvgIpc) is 2.95. The molecule has 1 aromatic rings. The minimum Gasteiger partial charge on any atom is -0.446 e. The van der Waals surface area contributed by atoms with Crippen LogP contribution in [-0.2, 0) is 12.8 Å². The Hall–Kier alpha value is -0.870. The van der Waals surface area contributed by atoms with Crippen molar-refractivity contribution in [2.24, 2.45) is 0 Å². The number of hydrogen-bond acceptors (Lipinski definition) is 4. The van der Waals surface area contributed by atoms with E-state index in [2.05, 4.69) is 15.2 Å². The molecule has 0 amide bonds. The van der Waals surface area contributed by atoms with Crippen LogP contribution in [-0.4, -0.2) is 43.1 Å². The van der Waals surface area contributed by atoms with E-state index in [1.54, 1.807) is 0 Å². The van der Waals surface area contributed by atoms with Crippen molar-refractivity contribution in [3.63, 3.8) is 0 Å². The average molecular weight is 223 g/mol. The van der Waals surface area contributed by atoms with Crippen LogP contribution in [0.15, 0.2) is 10.6 Å². The number of likely N-dealkylation sites (tertiary alicyclic amines) is 1. The van der Waals surface area contributed by atoms with Crippen LogP contribution in [0.1, 0.15) is 24.5 Å². The van der Waals surface area contributed by atoms with Gasteiger partial charge in [-0.15, -0.1) is 0 Å². The van der Waals surface area contributed by atoms with Crippen molar-refractivity contribution in [3.05, 3.63) is 17.8 Å². The molecule has 1 aromatic heterocycles. The molecule has 2 heterocycles. The lowest BCUT2D eigenvalue weighted by Gasteiger charge is -2.12. The quantitative estimate of drug-likeness (QED) is 0.783. The van der Waals surface area contributed by atoms with Gasteiger partial charge in [0.05, 0.1) is 6.20 Å². The van der Waals surface area contributed by atoms with Crippen molar-refractivity contribution in [2.75, 3.05) is 33.2 Å². The van der Waals surface area contributed by atoms with E-state index in [0.29, 0.717) is 0 Å². The van der Waals surface area contributed by atoms with Crippen LogP contribution < -0.4 is 5.32 Å². The third-order valence-electron chi connectivity index (χ3n) is 3.06. The largest absolute Gasteiger partial charge is 0.446 e. The number of likely N-dealkylation sites (N-methyl/N-ethyl adjacent to an activating group) is 1. The zero-order chi connectivity index (χ0) is 11.2. The van der Waals surface area contributed by atoms with Crippen molar-refractivity contribution in [2.45, 2.75) is 25.7 Å². The van der Waals surface area contributed by atoms with Gasteiger partial charge in [-0.2, -0.15) is 0 Å². The summed E-state index contributed by atoms with van der Waals surface area (Å²) in [5.41, 5.74) is 0. The maximum Gasteiger partial charge on any atom is 0.195 e. The first kappa shape index (κ1) is 11.6. The SMILES string of the molecule is CNCCc1cnc(CCN2CCCC2)o1. The minimum atomic E-state index is 0.887. The van der Waals surface area contributed by atoms with E-state index in [1.165, 1.54) is 25.9 Å². The Bertz CT molecular complexity index is 305. The van der Waals surface area contributed by atoms with Gasteiger partial charge in [-0.05, 0) is 33.0 Å². The van der Waals surface area contributed by atoms with E-state index in [0.717, 1.165) is 37.6 Å². The molecule has 90 valence electrons. The van der Waals surface area contributed by atoms with Crippen LogP contribution in [0.2, 0.25) is 0 Å². The monoisotopic (exact) mass is 223 g/mol. The van der Waals surface area contributed by atoms with E-state index in [-0.39, 0.29) is 0 Å². The molecule has 1 saturated heterocycles. The lowest BCUT2D eigenvalue weighted by Crippen LogP contribution is -2.21. The van der Waals surface area contributed by atoms with Crippen molar-refractivity contribution >= 4 is 0 Å². The molecule has 0 aliphatic carbocycles. The van der Waals surface area contributed by atoms with Gasteiger partial charge >= 0.3 is 0 Å². The second-order valence-corrected chi connectivity index (χ2v) is 4.37. The summed E-state index contributed by atoms with van der Waals surface area (Å²) in [6.07, 6.45) is 6.42. The second-order valence-electron chi connectivity index (χ2n) is 4.37. The molecule has 4 heteroatoms. The first-order valence-corrected chi connectivity index (χ1v) is 6.19. The Morgan fingerprint density at radius 1 is 1.38 bits per heavy atom. The maximum absolute atomic E-state index is 5.67. The van der Waals surface area contributed by atoms with E-state index in [1.807, 2.05) is 13.2 Å². The number of oxazole rings is 1. The van der Waals surface area contributed by atoms with Gasteiger partial charge in [0.25, 0.3) is 0 Å². The summed E-state index contributed by atoms with van der Waals surface area (Å²) in [5, 5.41) is 3.11. The Morgan fingerprint density at radius 2 is 2.19 bits per heavy atom. The third kappa shape index (κ3) is 3.32. The number of aromatic nitrogens is 1. The minimum absolute atomic E-state index is 0.887. The fourth-order valence-corrected chi connectivity index (χ4v) is 2.09. The number of nitrogens with one attached hydrogen (secondary N) is 1. The number of rotatable bonds is 6. The third-order valence-corrected chi connectivity index (χ3v) is 3.06. The molecule has 2 rings (SSSR count). The molecular weight excluding hydrogens is 202 g/mol. The van der Waals surface area contributed by atoms with E-state index >= 15 is 0 Å². The first-order chi connectivity index (χ1) is 7.88. The normalized spacial score (nSPS) is 17.1. The van der Waals surface area contributed by atoms with Gasteiger partial charge in [0, 0.05) is 25.9 Å². The summed E-state index contributed by atoms with van der Waals surface area (Å²) in [6.45, 7) is 4.52. The van der Waals surface area contributed by atoms with Crippen molar-refractivity contribution < 1.29 is 4.42 Å². The Kier molecular flexibility index (Phi) is 4.36. The van der Waals surface area contributed by atoms with Crippen LogP contribution >= 0.6 is 0 Å². The second kappa shape index (κ2) is 6.01. The van der Waals surface area contributed by atoms with Crippen molar-refractivity contribution in [3.8, 4) is 0 Å². The van der Waals surface area contributed by atoms with Gasteiger partial charge in [-0.25, -0.2) is 4.98 Å². The molecule has 0 saturated carbocycles. The molecule has 1 aliphatic rings. The highest BCUT2D eigenvalue weighted by Gasteiger charge is 2.12. The standard InChI is InChI=1S/C12H21N3O/c1-13-6-4-11-10-14-12(16-11)5-9-15-7-2-3-8-15/h10,13H,2-9H2,1H3. The lowest BCUT2D eigenvalue weighted by molar-refractivity contribution is 0.325. The van der Waals surface area contributed by atoms with Crippen LogP contribution in [0.25, 0.3) is 0 Å². The summed E-state index contributed by atoms with van der Waals surface area (Å²) in [4.78, 5) is 6.79. The highest BCUT2D eigenvalue weighted by Crippen LogP contribution is 2.10. The molecule has 0 spiro atoms. The number of hydrogen-bond donors (Lipinski definition) is 1. The van der Waals surface area contributed by atoms with E-state index in [9.17, 15) is 0 Å². The van der Waals surface area contributed by atoms with Gasteiger partial charge in [0.1, 0.15) is 5.76 Å². The van der Waals surface area contributed by atoms with Crippen molar-refractivity contribution in [1.82, 2.24) is 15.2 Å². The van der Waals surface area contributed by atoms with Crippen molar-refractivity contribution in [1.29, 1.82) is 0 Å². The molecular formula is C12H21N3O. The fourth-order valence-electron chi connectivity index (χ4n) is 2.09. The number of nitrogens with zero attached hydrogens (tertiary/aromatic N) is 2. The van der Waals surface area contributed by atoms with Crippen LogP contribution in [0.4, 0.5) is 0 Å². The Morgan fingerprint density at radius 3 is 2.94 bits per heavy atom. The van der Waals surface area contributed by atoms with Crippen LogP contribution in [0.5, 0.6) is 0 Å². The molecule has 16 heavy (non-hydrogen) atoms. The highest BCUT2D eigenvalue weighted by atomic mass is 16.4. The molecule has 0 aromatic carbocycles. The van der Waals surface area contributed by atoms with Gasteiger partial charge in [0.15, 0.2) is 5.89 Å². The molecule has 0 unspecified atom stereocenters. The molecule has 1 N–H and O–H groups in total. The van der Waals surface area contributed by atoms with Gasteiger partial charge in [-0.1, -0.05) is 0 Å². The summed E-state index contributed by atoms with van der Waals surface area (Å²) < 4.78 is 5.67. The summed E-state index contributed by atoms with van der Waals surface area (Å²) in [6, 6.07) is 0. The molecule has 1 aliphatic heterocycles. The zero-order valence-corrected chi connectivity index (χ0v) is 10.0. The van der Waals surface area contributed by atoms with Crippen LogP contribution in [0, 0.1) is 0 Å². The lowest BCUT2D eigenvalue weighted by atomic mass is 10.3. The summed E-state index contributed by atoms with van der Waals surface area (Å²) >= 11 is 0. The Balaban J connectivity index is 1.73. The molecule has 0 bridgehead atoms. The topological polar surface area (TPSA) is 41.3 Å². The Labute approximate surface area is 97.0 Å². The van der Waals surface area contributed by atoms with Crippen LogP contribution in [0.3, 0.4) is 0 Å². The molecule has 4 nitrogen and oxygen atoms in total. The molecule has 1 fully saturated rings.